The Morgan fingerprint density at radius 3 is 2.73 bits per heavy atom. The van der Waals surface area contributed by atoms with Gasteiger partial charge in [-0.3, -0.25) is 0 Å². The number of rotatable bonds is 6. The number of hydrogen-bond donors (Lipinski definition) is 0. The van der Waals surface area contributed by atoms with E-state index in [9.17, 15) is 0 Å². The highest BCUT2D eigenvalue weighted by atomic mass is 35.5. The molecule has 1 aromatic carbocycles. The molecule has 0 aromatic heterocycles. The fraction of sp³-hybridized carbons (Fsp3) is 0.500. The smallest absolute Gasteiger partial charge is 0.121 e. The van der Waals surface area contributed by atoms with E-state index in [0.29, 0.717) is 12.5 Å². The van der Waals surface area contributed by atoms with Gasteiger partial charge in [0.2, 0.25) is 0 Å². The third kappa shape index (κ3) is 3.63. The van der Waals surface area contributed by atoms with Crippen LogP contribution in [0, 0.1) is 0 Å². The number of hydrogen-bond acceptors (Lipinski definition) is 2. The van der Waals surface area contributed by atoms with E-state index in [4.69, 9.17) is 16.3 Å². The molecular formula is C12H18ClNO. The Bertz CT molecular complexity index is 291. The van der Waals surface area contributed by atoms with Gasteiger partial charge in [0, 0.05) is 30.7 Å². The first-order chi connectivity index (χ1) is 7.31. The minimum absolute atomic E-state index is 0.646. The van der Waals surface area contributed by atoms with Crippen LogP contribution in [0.5, 0.6) is 5.75 Å². The summed E-state index contributed by atoms with van der Waals surface area (Å²) in [6, 6.07) is 8.12. The summed E-state index contributed by atoms with van der Waals surface area (Å²) in [4.78, 5) is 2.23. The highest BCUT2D eigenvalue weighted by Crippen LogP contribution is 2.20. The molecule has 1 rings (SSSR count). The standard InChI is InChI=1S/C12H18ClNO/c1-3-14(9-8-13)11-6-5-7-12(10-11)15-4-2/h5-7,10H,3-4,8-9H2,1-2H3. The van der Waals surface area contributed by atoms with Crippen LogP contribution >= 0.6 is 11.6 Å². The van der Waals surface area contributed by atoms with Crippen molar-refractivity contribution >= 4 is 17.3 Å². The van der Waals surface area contributed by atoms with Crippen LogP contribution in [0.1, 0.15) is 13.8 Å². The maximum atomic E-state index is 5.75. The summed E-state index contributed by atoms with van der Waals surface area (Å²) in [5, 5.41) is 0. The van der Waals surface area contributed by atoms with Crippen molar-refractivity contribution in [3.8, 4) is 5.75 Å². The van der Waals surface area contributed by atoms with Crippen LogP contribution in [0.25, 0.3) is 0 Å². The molecule has 84 valence electrons. The fourth-order valence-electron chi connectivity index (χ4n) is 1.51. The second kappa shape index (κ2) is 6.57. The Morgan fingerprint density at radius 1 is 1.33 bits per heavy atom. The largest absolute Gasteiger partial charge is 0.494 e. The molecule has 0 fully saturated rings. The van der Waals surface area contributed by atoms with Gasteiger partial charge in [0.05, 0.1) is 6.61 Å². The lowest BCUT2D eigenvalue weighted by Gasteiger charge is -2.22. The zero-order valence-corrected chi connectivity index (χ0v) is 10.1. The predicted octanol–water partition coefficient (Wildman–Crippen LogP) is 3.15. The Balaban J connectivity index is 2.77. The summed E-state index contributed by atoms with van der Waals surface area (Å²) in [7, 11) is 0. The van der Waals surface area contributed by atoms with Gasteiger partial charge in [-0.25, -0.2) is 0 Å². The van der Waals surface area contributed by atoms with Gasteiger partial charge in [-0.05, 0) is 26.0 Å². The summed E-state index contributed by atoms with van der Waals surface area (Å²) < 4.78 is 5.46. The fourth-order valence-corrected chi connectivity index (χ4v) is 1.71. The molecule has 0 aliphatic carbocycles. The minimum Gasteiger partial charge on any atom is -0.494 e. The van der Waals surface area contributed by atoms with Crippen LogP contribution in [-0.2, 0) is 0 Å². The monoisotopic (exact) mass is 227 g/mol. The Morgan fingerprint density at radius 2 is 2.13 bits per heavy atom. The van der Waals surface area contributed by atoms with E-state index in [0.717, 1.165) is 18.8 Å². The first-order valence-corrected chi connectivity index (χ1v) is 5.89. The van der Waals surface area contributed by atoms with Gasteiger partial charge in [-0.2, -0.15) is 0 Å². The van der Waals surface area contributed by atoms with E-state index in [1.807, 2.05) is 19.1 Å². The first kappa shape index (κ1) is 12.2. The van der Waals surface area contributed by atoms with Crippen molar-refractivity contribution in [3.63, 3.8) is 0 Å². The van der Waals surface area contributed by atoms with Crippen LogP contribution in [0.3, 0.4) is 0 Å². The van der Waals surface area contributed by atoms with Gasteiger partial charge >= 0.3 is 0 Å². The average Bonchev–Trinajstić information content (AvgIpc) is 2.27. The lowest BCUT2D eigenvalue weighted by atomic mass is 10.2. The summed E-state index contributed by atoms with van der Waals surface area (Å²) in [6.45, 7) is 6.64. The lowest BCUT2D eigenvalue weighted by Crippen LogP contribution is -2.24. The van der Waals surface area contributed by atoms with Crippen molar-refractivity contribution in [2.45, 2.75) is 13.8 Å². The SMILES string of the molecule is CCOc1cccc(N(CC)CCCl)c1. The van der Waals surface area contributed by atoms with Gasteiger partial charge in [-0.1, -0.05) is 6.07 Å². The van der Waals surface area contributed by atoms with Crippen LogP contribution in [0.2, 0.25) is 0 Å². The molecule has 3 heteroatoms. The van der Waals surface area contributed by atoms with Gasteiger partial charge < -0.3 is 9.64 Å². The Kier molecular flexibility index (Phi) is 5.33. The maximum Gasteiger partial charge on any atom is 0.121 e. The number of benzene rings is 1. The first-order valence-electron chi connectivity index (χ1n) is 5.35. The molecule has 0 unspecified atom stereocenters. The van der Waals surface area contributed by atoms with Gasteiger partial charge in [0.15, 0.2) is 0 Å². The maximum absolute atomic E-state index is 5.75. The van der Waals surface area contributed by atoms with Crippen molar-refractivity contribution in [2.24, 2.45) is 0 Å². The molecule has 0 bridgehead atoms. The van der Waals surface area contributed by atoms with E-state index in [1.54, 1.807) is 0 Å². The molecule has 0 spiro atoms. The molecule has 0 saturated carbocycles. The molecule has 0 N–H and O–H groups in total. The van der Waals surface area contributed by atoms with E-state index >= 15 is 0 Å². The predicted molar refractivity (Wildman–Crippen MR) is 66.2 cm³/mol. The van der Waals surface area contributed by atoms with Crippen LogP contribution < -0.4 is 9.64 Å². The zero-order chi connectivity index (χ0) is 11.1. The van der Waals surface area contributed by atoms with Crippen molar-refractivity contribution in [3.05, 3.63) is 24.3 Å². The Labute approximate surface area is 96.8 Å². The number of anilines is 1. The minimum atomic E-state index is 0.646. The van der Waals surface area contributed by atoms with Crippen LogP contribution in [-0.4, -0.2) is 25.6 Å². The summed E-state index contributed by atoms with van der Waals surface area (Å²) in [5.41, 5.74) is 1.17. The molecule has 0 heterocycles. The van der Waals surface area contributed by atoms with E-state index in [2.05, 4.69) is 24.0 Å². The molecule has 0 radical (unpaired) electrons. The van der Waals surface area contributed by atoms with Gasteiger partial charge in [-0.15, -0.1) is 11.6 Å². The molecule has 0 atom stereocenters. The summed E-state index contributed by atoms with van der Waals surface area (Å²) >= 11 is 5.75. The molecule has 1 aromatic rings. The lowest BCUT2D eigenvalue weighted by molar-refractivity contribution is 0.340. The van der Waals surface area contributed by atoms with E-state index in [1.165, 1.54) is 5.69 Å². The highest BCUT2D eigenvalue weighted by molar-refractivity contribution is 6.18. The molecule has 0 aliphatic rings. The van der Waals surface area contributed by atoms with E-state index < -0.39 is 0 Å². The quantitative estimate of drug-likeness (QED) is 0.693. The molecule has 0 amide bonds. The number of alkyl halides is 1. The molecule has 2 nitrogen and oxygen atoms in total. The Hall–Kier alpha value is -0.890. The second-order valence-electron chi connectivity index (χ2n) is 3.20. The summed E-state index contributed by atoms with van der Waals surface area (Å²) in [5.74, 6) is 1.57. The molecule has 0 saturated heterocycles. The highest BCUT2D eigenvalue weighted by Gasteiger charge is 2.04. The second-order valence-corrected chi connectivity index (χ2v) is 3.58. The topological polar surface area (TPSA) is 12.5 Å². The van der Waals surface area contributed by atoms with E-state index in [-0.39, 0.29) is 0 Å². The third-order valence-electron chi connectivity index (χ3n) is 2.23. The average molecular weight is 228 g/mol. The van der Waals surface area contributed by atoms with Crippen molar-refractivity contribution in [1.29, 1.82) is 0 Å². The molecular weight excluding hydrogens is 210 g/mol. The summed E-state index contributed by atoms with van der Waals surface area (Å²) in [6.07, 6.45) is 0. The third-order valence-corrected chi connectivity index (χ3v) is 2.40. The molecule has 0 aliphatic heterocycles. The van der Waals surface area contributed by atoms with Crippen LogP contribution in [0.15, 0.2) is 24.3 Å². The number of ether oxygens (including phenoxy) is 1. The van der Waals surface area contributed by atoms with Crippen LogP contribution in [0.4, 0.5) is 5.69 Å². The van der Waals surface area contributed by atoms with Gasteiger partial charge in [0.25, 0.3) is 0 Å². The van der Waals surface area contributed by atoms with Gasteiger partial charge in [0.1, 0.15) is 5.75 Å². The van der Waals surface area contributed by atoms with Crippen molar-refractivity contribution in [1.82, 2.24) is 0 Å². The number of nitrogens with zero attached hydrogens (tertiary/aromatic N) is 1. The van der Waals surface area contributed by atoms with Crippen molar-refractivity contribution in [2.75, 3.05) is 30.5 Å². The normalized spacial score (nSPS) is 10.1. The molecule has 15 heavy (non-hydrogen) atoms. The number of halogens is 1. The van der Waals surface area contributed by atoms with Crippen molar-refractivity contribution < 1.29 is 4.74 Å². The zero-order valence-electron chi connectivity index (χ0n) is 9.37.